The van der Waals surface area contributed by atoms with Gasteiger partial charge in [0.1, 0.15) is 12.9 Å². The third-order valence-corrected chi connectivity index (χ3v) is 2.82. The van der Waals surface area contributed by atoms with Crippen LogP contribution >= 0.6 is 0 Å². The molecule has 0 aliphatic carbocycles. The van der Waals surface area contributed by atoms with Crippen molar-refractivity contribution >= 4 is 0 Å². The van der Waals surface area contributed by atoms with Crippen LogP contribution in [-0.4, -0.2) is 36.1 Å². The number of ether oxygens (including phenoxy) is 1. The van der Waals surface area contributed by atoms with E-state index in [0.717, 1.165) is 12.2 Å². The zero-order valence-electron chi connectivity index (χ0n) is 9.52. The highest BCUT2D eigenvalue weighted by molar-refractivity contribution is 4.98. The van der Waals surface area contributed by atoms with Crippen molar-refractivity contribution in [1.29, 1.82) is 0 Å². The molecule has 0 bridgehead atoms. The Morgan fingerprint density at radius 2 is 2.19 bits per heavy atom. The largest absolute Gasteiger partial charge is 0.449 e. The van der Waals surface area contributed by atoms with E-state index < -0.39 is 0 Å². The third kappa shape index (κ3) is 3.21. The first-order valence-corrected chi connectivity index (χ1v) is 5.88. The van der Waals surface area contributed by atoms with Gasteiger partial charge in [-0.3, -0.25) is 4.90 Å². The number of hydrogen-bond acceptors (Lipinski definition) is 5. The lowest BCUT2D eigenvalue weighted by Gasteiger charge is -2.25. The Hall–Kier alpha value is -1.07. The van der Waals surface area contributed by atoms with Crippen LogP contribution in [0.3, 0.4) is 0 Å². The summed E-state index contributed by atoms with van der Waals surface area (Å²) >= 11 is 0. The first-order chi connectivity index (χ1) is 7.88. The Bertz CT molecular complexity index is 308. The summed E-state index contributed by atoms with van der Waals surface area (Å²) in [7, 11) is 0. The first-order valence-electron chi connectivity index (χ1n) is 5.88. The molecular weight excluding hydrogens is 206 g/mol. The molecule has 1 saturated heterocycles. The van der Waals surface area contributed by atoms with Gasteiger partial charge in [0.05, 0.1) is 5.69 Å². The van der Waals surface area contributed by atoms with Crippen LogP contribution in [0.5, 0.6) is 6.08 Å². The van der Waals surface area contributed by atoms with E-state index >= 15 is 0 Å². The smallest absolute Gasteiger partial charge is 0.393 e. The lowest BCUT2D eigenvalue weighted by molar-refractivity contribution is 0.159. The number of rotatable bonds is 5. The van der Waals surface area contributed by atoms with Gasteiger partial charge in [0.25, 0.3) is 0 Å². The Labute approximate surface area is 95.6 Å². The van der Waals surface area contributed by atoms with Gasteiger partial charge in [0.2, 0.25) is 0 Å². The van der Waals surface area contributed by atoms with Gasteiger partial charge in [0, 0.05) is 13.1 Å². The molecule has 16 heavy (non-hydrogen) atoms. The lowest BCUT2D eigenvalue weighted by atomic mass is 10.1. The van der Waals surface area contributed by atoms with Crippen LogP contribution in [0, 0.1) is 0 Å². The number of nitrogens with two attached hydrogens (primary N) is 1. The molecule has 0 radical (unpaired) electrons. The maximum absolute atomic E-state index is 5.42. The molecule has 0 saturated carbocycles. The summed E-state index contributed by atoms with van der Waals surface area (Å²) in [6.45, 7) is 4.33. The highest BCUT2D eigenvalue weighted by atomic mass is 16.6. The second-order valence-electron chi connectivity index (χ2n) is 4.06. The van der Waals surface area contributed by atoms with Crippen LogP contribution in [0.2, 0.25) is 0 Å². The van der Waals surface area contributed by atoms with Crippen molar-refractivity contribution in [2.75, 3.05) is 26.2 Å². The number of piperidine rings is 1. The maximum atomic E-state index is 5.42. The van der Waals surface area contributed by atoms with Gasteiger partial charge in [-0.25, -0.2) is 0 Å². The summed E-state index contributed by atoms with van der Waals surface area (Å²) in [6, 6.07) is 0. The quantitative estimate of drug-likeness (QED) is 0.809. The molecule has 0 unspecified atom stereocenters. The number of oxazole rings is 1. The topological polar surface area (TPSA) is 64.5 Å². The van der Waals surface area contributed by atoms with Crippen LogP contribution in [0.15, 0.2) is 10.7 Å². The van der Waals surface area contributed by atoms with Crippen LogP contribution in [0.25, 0.3) is 0 Å². The summed E-state index contributed by atoms with van der Waals surface area (Å²) in [6.07, 6.45) is 5.83. The zero-order chi connectivity index (χ0) is 11.2. The highest BCUT2D eigenvalue weighted by Gasteiger charge is 2.10. The minimum absolute atomic E-state index is 0.331. The summed E-state index contributed by atoms with van der Waals surface area (Å²) in [4.78, 5) is 6.49. The molecular formula is C11H19N3O2. The van der Waals surface area contributed by atoms with Crippen LogP contribution < -0.4 is 10.5 Å². The number of nitrogens with zero attached hydrogens (tertiary/aromatic N) is 2. The fourth-order valence-electron chi connectivity index (χ4n) is 1.89. The average Bonchev–Trinajstić information content (AvgIpc) is 2.78. The normalized spacial score (nSPS) is 17.6. The first kappa shape index (κ1) is 11.4. The monoisotopic (exact) mass is 225 g/mol. The molecule has 1 aliphatic rings. The maximum Gasteiger partial charge on any atom is 0.393 e. The minimum Gasteiger partial charge on any atom is -0.449 e. The molecule has 5 nitrogen and oxygen atoms in total. The van der Waals surface area contributed by atoms with Crippen molar-refractivity contribution in [2.45, 2.75) is 25.8 Å². The van der Waals surface area contributed by atoms with Crippen LogP contribution in [0.4, 0.5) is 0 Å². The van der Waals surface area contributed by atoms with Gasteiger partial charge >= 0.3 is 6.08 Å². The van der Waals surface area contributed by atoms with E-state index in [2.05, 4.69) is 9.88 Å². The van der Waals surface area contributed by atoms with Crippen LogP contribution in [0.1, 0.15) is 25.0 Å². The van der Waals surface area contributed by atoms with Crippen molar-refractivity contribution < 1.29 is 9.15 Å². The third-order valence-electron chi connectivity index (χ3n) is 2.82. The summed E-state index contributed by atoms with van der Waals surface area (Å²) in [5.74, 6) is 0. The average molecular weight is 225 g/mol. The standard InChI is InChI=1S/C11H19N3O2/c12-8-10-9-16-11(13-10)15-7-6-14-4-2-1-3-5-14/h9H,1-8,12H2. The predicted octanol–water partition coefficient (Wildman–Crippen LogP) is 0.998. The van der Waals surface area contributed by atoms with Gasteiger partial charge in [-0.1, -0.05) is 6.42 Å². The second-order valence-corrected chi connectivity index (χ2v) is 4.06. The minimum atomic E-state index is 0.331. The van der Waals surface area contributed by atoms with Gasteiger partial charge in [-0.2, -0.15) is 4.98 Å². The van der Waals surface area contributed by atoms with Crippen molar-refractivity contribution in [3.05, 3.63) is 12.0 Å². The fraction of sp³-hybridized carbons (Fsp3) is 0.727. The molecule has 2 N–H and O–H groups in total. The molecule has 1 aromatic heterocycles. The molecule has 2 rings (SSSR count). The molecule has 0 amide bonds. The van der Waals surface area contributed by atoms with E-state index in [1.54, 1.807) is 0 Å². The van der Waals surface area contributed by atoms with Gasteiger partial charge < -0.3 is 14.9 Å². The van der Waals surface area contributed by atoms with E-state index in [1.165, 1.54) is 38.6 Å². The fourth-order valence-corrected chi connectivity index (χ4v) is 1.89. The van der Waals surface area contributed by atoms with E-state index in [9.17, 15) is 0 Å². The molecule has 0 atom stereocenters. The number of aromatic nitrogens is 1. The molecule has 1 fully saturated rings. The lowest BCUT2D eigenvalue weighted by Crippen LogP contribution is -2.33. The molecule has 0 spiro atoms. The summed E-state index contributed by atoms with van der Waals surface area (Å²) in [5, 5.41) is 0. The zero-order valence-corrected chi connectivity index (χ0v) is 9.52. The highest BCUT2D eigenvalue weighted by Crippen LogP contribution is 2.11. The Balaban J connectivity index is 1.66. The van der Waals surface area contributed by atoms with Crippen molar-refractivity contribution in [3.8, 4) is 6.08 Å². The Kier molecular flexibility index (Phi) is 4.18. The molecule has 5 heteroatoms. The van der Waals surface area contributed by atoms with E-state index in [4.69, 9.17) is 14.9 Å². The van der Waals surface area contributed by atoms with E-state index in [-0.39, 0.29) is 0 Å². The second kappa shape index (κ2) is 5.86. The molecule has 2 heterocycles. The van der Waals surface area contributed by atoms with Crippen molar-refractivity contribution in [2.24, 2.45) is 5.73 Å². The number of hydrogen-bond donors (Lipinski definition) is 1. The van der Waals surface area contributed by atoms with Gasteiger partial charge in [-0.05, 0) is 25.9 Å². The predicted molar refractivity (Wildman–Crippen MR) is 60.2 cm³/mol. The molecule has 90 valence electrons. The summed E-state index contributed by atoms with van der Waals surface area (Å²) in [5.41, 5.74) is 6.15. The molecule has 1 aliphatic heterocycles. The Morgan fingerprint density at radius 1 is 1.38 bits per heavy atom. The molecule has 0 aromatic carbocycles. The van der Waals surface area contributed by atoms with Gasteiger partial charge in [-0.15, -0.1) is 0 Å². The Morgan fingerprint density at radius 3 is 2.88 bits per heavy atom. The summed E-state index contributed by atoms with van der Waals surface area (Å²) < 4.78 is 10.5. The van der Waals surface area contributed by atoms with Crippen molar-refractivity contribution in [1.82, 2.24) is 9.88 Å². The van der Waals surface area contributed by atoms with Crippen LogP contribution in [-0.2, 0) is 6.54 Å². The number of likely N-dealkylation sites (tertiary alicyclic amines) is 1. The molecule has 1 aromatic rings. The van der Waals surface area contributed by atoms with Crippen molar-refractivity contribution in [3.63, 3.8) is 0 Å². The SMILES string of the molecule is NCc1coc(OCCN2CCCCC2)n1. The van der Waals surface area contributed by atoms with E-state index in [1.807, 2.05) is 0 Å². The van der Waals surface area contributed by atoms with E-state index in [0.29, 0.717) is 19.2 Å². The van der Waals surface area contributed by atoms with Gasteiger partial charge in [0.15, 0.2) is 0 Å².